The molecule has 1 amide bonds. The first-order chi connectivity index (χ1) is 9.67. The number of carbonyl (C=O) groups excluding carboxylic acids is 1. The molecule has 6 heteroatoms. The zero-order valence-corrected chi connectivity index (χ0v) is 12.2. The molecule has 0 aliphatic carbocycles. The lowest BCUT2D eigenvalue weighted by molar-refractivity contribution is 0.0214. The highest BCUT2D eigenvalue weighted by molar-refractivity contribution is 5.69. The molecule has 1 fully saturated rings. The van der Waals surface area contributed by atoms with Crippen LogP contribution in [0.5, 0.6) is 0 Å². The maximum Gasteiger partial charge on any atom is 0.410 e. The Morgan fingerprint density at radius 3 is 2.62 bits per heavy atom. The van der Waals surface area contributed by atoms with Crippen LogP contribution in [0.4, 0.5) is 18.0 Å². The second-order valence-electron chi connectivity index (χ2n) is 6.15. The second-order valence-corrected chi connectivity index (χ2v) is 6.15. The molecule has 1 aromatic rings. The molecule has 1 aromatic carbocycles. The normalized spacial score (nSPS) is 22.5. The number of likely N-dealkylation sites (tertiary alicyclic amines) is 1. The lowest BCUT2D eigenvalue weighted by atomic mass is 10.0. The molecule has 116 valence electrons. The summed E-state index contributed by atoms with van der Waals surface area (Å²) in [7, 11) is 0. The number of hydrogen-bond donors (Lipinski definition) is 0. The molecule has 21 heavy (non-hydrogen) atoms. The summed E-state index contributed by atoms with van der Waals surface area (Å²) in [5, 5.41) is 0. The number of carbonyl (C=O) groups is 1. The van der Waals surface area contributed by atoms with E-state index in [1.165, 1.54) is 0 Å². The third-order valence-electron chi connectivity index (χ3n) is 3.20. The Bertz CT molecular complexity index is 542. The Morgan fingerprint density at radius 2 is 2.00 bits per heavy atom. The van der Waals surface area contributed by atoms with E-state index < -0.39 is 35.5 Å². The molecule has 2 atom stereocenters. The Kier molecular flexibility index (Phi) is 4.16. The Morgan fingerprint density at radius 1 is 1.33 bits per heavy atom. The van der Waals surface area contributed by atoms with Crippen molar-refractivity contribution in [1.82, 2.24) is 4.90 Å². The summed E-state index contributed by atoms with van der Waals surface area (Å²) in [5.41, 5.74) is -0.766. The molecular weight excluding hydrogens is 283 g/mol. The van der Waals surface area contributed by atoms with Crippen molar-refractivity contribution in [1.29, 1.82) is 0 Å². The van der Waals surface area contributed by atoms with Crippen molar-refractivity contribution >= 4 is 6.09 Å². The monoisotopic (exact) mass is 301 g/mol. The lowest BCUT2D eigenvalue weighted by Gasteiger charge is -2.28. The van der Waals surface area contributed by atoms with E-state index in [2.05, 4.69) is 0 Å². The van der Waals surface area contributed by atoms with Gasteiger partial charge >= 0.3 is 6.09 Å². The summed E-state index contributed by atoms with van der Waals surface area (Å²) in [6.07, 6.45) is -2.08. The van der Waals surface area contributed by atoms with Crippen LogP contribution in [0.2, 0.25) is 0 Å². The molecule has 1 saturated heterocycles. The predicted octanol–water partition coefficient (Wildman–Crippen LogP) is 3.98. The maximum atomic E-state index is 13.9. The molecule has 0 spiro atoms. The van der Waals surface area contributed by atoms with Gasteiger partial charge in [-0.05, 0) is 39.0 Å². The number of nitrogens with zero attached hydrogens (tertiary/aromatic N) is 1. The molecule has 1 unspecified atom stereocenters. The molecule has 2 rings (SSSR count). The van der Waals surface area contributed by atoms with E-state index in [1.807, 2.05) is 0 Å². The summed E-state index contributed by atoms with van der Waals surface area (Å²) < 4.78 is 46.0. The molecular formula is C15H18F3NO2. The van der Waals surface area contributed by atoms with Gasteiger partial charge in [-0.3, -0.25) is 4.90 Å². The number of amides is 1. The summed E-state index contributed by atoms with van der Waals surface area (Å²) in [6.45, 7) is 4.87. The first-order valence-corrected chi connectivity index (χ1v) is 6.76. The largest absolute Gasteiger partial charge is 0.444 e. The highest BCUT2D eigenvalue weighted by atomic mass is 19.1. The SMILES string of the molecule is CC(C)(C)OC(=O)N1C[C@@H](F)CC1c1cc(F)ccc1F. The third-order valence-corrected chi connectivity index (χ3v) is 3.20. The van der Waals surface area contributed by atoms with Crippen molar-refractivity contribution in [3.63, 3.8) is 0 Å². The van der Waals surface area contributed by atoms with Crippen LogP contribution in [0, 0.1) is 11.6 Å². The van der Waals surface area contributed by atoms with Gasteiger partial charge in [0.15, 0.2) is 0 Å². The number of alkyl halides is 1. The average molecular weight is 301 g/mol. The number of hydrogen-bond acceptors (Lipinski definition) is 2. The molecule has 3 nitrogen and oxygen atoms in total. The van der Waals surface area contributed by atoms with Crippen LogP contribution in [0.15, 0.2) is 18.2 Å². The summed E-state index contributed by atoms with van der Waals surface area (Å²) >= 11 is 0. The van der Waals surface area contributed by atoms with Crippen molar-refractivity contribution in [3.05, 3.63) is 35.4 Å². The van der Waals surface area contributed by atoms with E-state index in [4.69, 9.17) is 4.74 Å². The molecule has 0 bridgehead atoms. The van der Waals surface area contributed by atoms with Crippen molar-refractivity contribution in [2.45, 2.75) is 45.0 Å². The minimum atomic E-state index is -1.29. The molecule has 0 radical (unpaired) electrons. The summed E-state index contributed by atoms with van der Waals surface area (Å²) in [6, 6.07) is 2.10. The number of rotatable bonds is 1. The molecule has 0 saturated carbocycles. The Balaban J connectivity index is 2.28. The number of halogens is 3. The van der Waals surface area contributed by atoms with Crippen molar-refractivity contribution in [2.75, 3.05) is 6.54 Å². The zero-order valence-electron chi connectivity index (χ0n) is 12.2. The van der Waals surface area contributed by atoms with E-state index in [-0.39, 0.29) is 18.5 Å². The highest BCUT2D eigenvalue weighted by Gasteiger charge is 2.39. The third kappa shape index (κ3) is 3.68. The van der Waals surface area contributed by atoms with Crippen LogP contribution in [-0.2, 0) is 4.74 Å². The molecule has 1 aliphatic heterocycles. The Hall–Kier alpha value is -1.72. The summed E-state index contributed by atoms with van der Waals surface area (Å²) in [4.78, 5) is 13.2. The standard InChI is InChI=1S/C15H18F3NO2/c1-15(2,3)21-14(20)19-8-10(17)7-13(19)11-6-9(16)4-5-12(11)18/h4-6,10,13H,7-8H2,1-3H3/t10-,13?/m0/s1. The predicted molar refractivity (Wildman–Crippen MR) is 71.6 cm³/mol. The van der Waals surface area contributed by atoms with E-state index in [0.29, 0.717) is 0 Å². The summed E-state index contributed by atoms with van der Waals surface area (Å²) in [5.74, 6) is -1.29. The van der Waals surface area contributed by atoms with Gasteiger partial charge in [0, 0.05) is 12.0 Å². The van der Waals surface area contributed by atoms with Crippen LogP contribution < -0.4 is 0 Å². The molecule has 1 heterocycles. The van der Waals surface area contributed by atoms with Gasteiger partial charge in [0.1, 0.15) is 23.4 Å². The van der Waals surface area contributed by atoms with E-state index >= 15 is 0 Å². The lowest BCUT2D eigenvalue weighted by Crippen LogP contribution is -2.37. The van der Waals surface area contributed by atoms with Gasteiger partial charge in [-0.2, -0.15) is 0 Å². The minimum Gasteiger partial charge on any atom is -0.444 e. The highest BCUT2D eigenvalue weighted by Crippen LogP contribution is 2.36. The number of benzene rings is 1. The van der Waals surface area contributed by atoms with Crippen LogP contribution >= 0.6 is 0 Å². The molecule has 1 aliphatic rings. The van der Waals surface area contributed by atoms with Gasteiger partial charge in [0.05, 0.1) is 12.6 Å². The fourth-order valence-electron chi connectivity index (χ4n) is 2.37. The minimum absolute atomic E-state index is 0.0268. The van der Waals surface area contributed by atoms with E-state index in [1.54, 1.807) is 20.8 Å². The van der Waals surface area contributed by atoms with Crippen LogP contribution in [0.3, 0.4) is 0 Å². The van der Waals surface area contributed by atoms with Gasteiger partial charge in [0.2, 0.25) is 0 Å². The van der Waals surface area contributed by atoms with Crippen LogP contribution in [-0.4, -0.2) is 29.3 Å². The van der Waals surface area contributed by atoms with Crippen molar-refractivity contribution in [3.8, 4) is 0 Å². The number of ether oxygens (including phenoxy) is 1. The van der Waals surface area contributed by atoms with E-state index in [0.717, 1.165) is 23.1 Å². The van der Waals surface area contributed by atoms with E-state index in [9.17, 15) is 18.0 Å². The topological polar surface area (TPSA) is 29.5 Å². The molecule has 0 N–H and O–H groups in total. The maximum absolute atomic E-state index is 13.9. The second kappa shape index (κ2) is 5.58. The fourth-order valence-corrected chi connectivity index (χ4v) is 2.37. The van der Waals surface area contributed by atoms with Crippen LogP contribution in [0.25, 0.3) is 0 Å². The van der Waals surface area contributed by atoms with Crippen molar-refractivity contribution in [2.24, 2.45) is 0 Å². The van der Waals surface area contributed by atoms with Gasteiger partial charge in [-0.1, -0.05) is 0 Å². The van der Waals surface area contributed by atoms with Gasteiger partial charge in [-0.25, -0.2) is 18.0 Å². The zero-order chi connectivity index (χ0) is 15.8. The van der Waals surface area contributed by atoms with Crippen molar-refractivity contribution < 1.29 is 22.7 Å². The van der Waals surface area contributed by atoms with Gasteiger partial charge < -0.3 is 4.74 Å². The quantitative estimate of drug-likeness (QED) is 0.785. The molecule has 0 aromatic heterocycles. The smallest absolute Gasteiger partial charge is 0.410 e. The van der Waals surface area contributed by atoms with Gasteiger partial charge in [0.25, 0.3) is 0 Å². The van der Waals surface area contributed by atoms with Crippen LogP contribution in [0.1, 0.15) is 38.8 Å². The van der Waals surface area contributed by atoms with Gasteiger partial charge in [-0.15, -0.1) is 0 Å². The first-order valence-electron chi connectivity index (χ1n) is 6.76. The first kappa shape index (κ1) is 15.7. The fraction of sp³-hybridized carbons (Fsp3) is 0.533. The average Bonchev–Trinajstić information content (AvgIpc) is 2.72. The Labute approximate surface area is 121 Å².